The maximum Gasteiger partial charge on any atom is 0.123 e. The van der Waals surface area contributed by atoms with Gasteiger partial charge in [-0.3, -0.25) is 0 Å². The van der Waals surface area contributed by atoms with Gasteiger partial charge in [0.1, 0.15) is 11.6 Å². The number of para-hydroxylation sites is 2. The molecule has 0 saturated carbocycles. The maximum atomic E-state index is 14.3. The van der Waals surface area contributed by atoms with Gasteiger partial charge in [0.25, 0.3) is 0 Å². The van der Waals surface area contributed by atoms with Crippen LogP contribution in [-0.4, -0.2) is 9.13 Å². The van der Waals surface area contributed by atoms with Gasteiger partial charge in [-0.15, -0.1) is 0 Å². The Morgan fingerprint density at radius 2 is 0.605 bits per heavy atom. The first-order chi connectivity index (χ1) is 39.7. The molecule has 2 heterocycles. The number of halogens is 2. The zero-order valence-electron chi connectivity index (χ0n) is 44.6. The Labute approximate surface area is 468 Å². The molecule has 15 rings (SSSR count). The highest BCUT2D eigenvalue weighted by molar-refractivity contribution is 6.12. The van der Waals surface area contributed by atoms with Gasteiger partial charge in [-0.2, -0.15) is 0 Å². The molecule has 0 atom stereocenters. The van der Waals surface area contributed by atoms with Crippen LogP contribution in [0.2, 0.25) is 0 Å². The van der Waals surface area contributed by atoms with Gasteiger partial charge in [-0.05, 0) is 190 Å². The highest BCUT2D eigenvalue weighted by atomic mass is 19.1. The number of benzene rings is 12. The van der Waals surface area contributed by atoms with Gasteiger partial charge in [0.2, 0.25) is 0 Å². The van der Waals surface area contributed by atoms with Crippen molar-refractivity contribution in [2.24, 2.45) is 0 Å². The van der Waals surface area contributed by atoms with E-state index < -0.39 is 0 Å². The minimum Gasteiger partial charge on any atom is -0.310 e. The number of aromatic nitrogens is 2. The summed E-state index contributed by atoms with van der Waals surface area (Å²) in [5.41, 5.74) is 21.4. The fraction of sp³-hybridized carbons (Fsp3) is 0.0400. The lowest BCUT2D eigenvalue weighted by Crippen LogP contribution is -2.17. The average molecular weight is 1050 g/mol. The van der Waals surface area contributed by atoms with Gasteiger partial charge >= 0.3 is 0 Å². The number of fused-ring (bicyclic) bond motifs is 9. The fourth-order valence-electron chi connectivity index (χ4n) is 12.7. The van der Waals surface area contributed by atoms with Crippen LogP contribution in [-0.2, 0) is 5.41 Å². The van der Waals surface area contributed by atoms with E-state index in [9.17, 15) is 8.78 Å². The van der Waals surface area contributed by atoms with Crippen LogP contribution >= 0.6 is 0 Å². The van der Waals surface area contributed by atoms with Crippen molar-refractivity contribution in [3.05, 3.63) is 302 Å². The van der Waals surface area contributed by atoms with Crippen molar-refractivity contribution in [2.75, 3.05) is 9.80 Å². The first-order valence-corrected chi connectivity index (χ1v) is 27.5. The van der Waals surface area contributed by atoms with Crippen molar-refractivity contribution in [3.63, 3.8) is 0 Å². The van der Waals surface area contributed by atoms with E-state index in [-0.39, 0.29) is 17.0 Å². The van der Waals surface area contributed by atoms with Crippen LogP contribution in [0, 0.1) is 11.6 Å². The Bertz CT molecular complexity index is 4410. The summed E-state index contributed by atoms with van der Waals surface area (Å²) in [5, 5.41) is 4.46. The summed E-state index contributed by atoms with van der Waals surface area (Å²) >= 11 is 0. The molecule has 12 aromatic carbocycles. The molecular weight excluding hydrogens is 995 g/mol. The summed E-state index contributed by atoms with van der Waals surface area (Å²) in [6.45, 7) is 4.71. The monoisotopic (exact) mass is 1050 g/mol. The molecule has 81 heavy (non-hydrogen) atoms. The second-order valence-corrected chi connectivity index (χ2v) is 21.6. The van der Waals surface area contributed by atoms with Crippen LogP contribution in [0.4, 0.5) is 42.9 Å². The van der Waals surface area contributed by atoms with Gasteiger partial charge in [-0.1, -0.05) is 147 Å². The van der Waals surface area contributed by atoms with E-state index in [0.717, 1.165) is 100 Å². The van der Waals surface area contributed by atoms with Crippen LogP contribution in [0.3, 0.4) is 0 Å². The quantitative estimate of drug-likeness (QED) is 0.136. The molecule has 0 amide bonds. The highest BCUT2D eigenvalue weighted by Gasteiger charge is 2.37. The molecule has 386 valence electrons. The van der Waals surface area contributed by atoms with Crippen LogP contribution in [0.5, 0.6) is 0 Å². The van der Waals surface area contributed by atoms with Crippen LogP contribution in [0.15, 0.2) is 279 Å². The second kappa shape index (κ2) is 19.0. The lowest BCUT2D eigenvalue weighted by molar-refractivity contribution is 0.627. The van der Waals surface area contributed by atoms with Crippen molar-refractivity contribution in [1.82, 2.24) is 9.13 Å². The fourth-order valence-corrected chi connectivity index (χ4v) is 12.7. The lowest BCUT2D eigenvalue weighted by atomic mass is 9.82. The summed E-state index contributed by atoms with van der Waals surface area (Å²) < 4.78 is 33.0. The lowest BCUT2D eigenvalue weighted by Gasteiger charge is -2.29. The Kier molecular flexibility index (Phi) is 11.2. The first-order valence-electron chi connectivity index (χ1n) is 27.5. The summed E-state index contributed by atoms with van der Waals surface area (Å²) in [5.74, 6) is -0.522. The molecule has 4 nitrogen and oxygen atoms in total. The van der Waals surface area contributed by atoms with E-state index in [2.05, 4.69) is 263 Å². The van der Waals surface area contributed by atoms with Gasteiger partial charge in [0, 0.05) is 72.5 Å². The minimum atomic E-state index is -0.387. The predicted molar refractivity (Wildman–Crippen MR) is 333 cm³/mol. The highest BCUT2D eigenvalue weighted by Crippen LogP contribution is 2.53. The number of nitrogens with zero attached hydrogens (tertiary/aromatic N) is 4. The third-order valence-electron chi connectivity index (χ3n) is 16.6. The Morgan fingerprint density at radius 3 is 1.01 bits per heavy atom. The van der Waals surface area contributed by atoms with Crippen LogP contribution in [0.25, 0.3) is 88.4 Å². The Morgan fingerprint density at radius 1 is 0.284 bits per heavy atom. The molecule has 14 aromatic rings. The summed E-state index contributed by atoms with van der Waals surface area (Å²) in [4.78, 5) is 4.76. The van der Waals surface area contributed by atoms with E-state index in [4.69, 9.17) is 0 Å². The first kappa shape index (κ1) is 47.9. The molecule has 0 spiro atoms. The summed E-state index contributed by atoms with van der Waals surface area (Å²) in [6, 6.07) is 96.7. The molecular formula is C75H52F2N4. The Hall–Kier alpha value is -10.3. The van der Waals surface area contributed by atoms with E-state index in [1.165, 1.54) is 57.6 Å². The summed E-state index contributed by atoms with van der Waals surface area (Å²) in [7, 11) is 0. The molecule has 1 aliphatic carbocycles. The molecule has 1 aliphatic rings. The molecule has 0 radical (unpaired) electrons. The van der Waals surface area contributed by atoms with Gasteiger partial charge in [0.15, 0.2) is 0 Å². The molecule has 0 unspecified atom stereocenters. The molecule has 0 fully saturated rings. The number of anilines is 6. The number of hydrogen-bond acceptors (Lipinski definition) is 2. The molecule has 6 heteroatoms. The zero-order valence-corrected chi connectivity index (χ0v) is 44.6. The molecule has 0 bridgehead atoms. The van der Waals surface area contributed by atoms with Crippen LogP contribution in [0.1, 0.15) is 25.0 Å². The van der Waals surface area contributed by atoms with E-state index in [0.29, 0.717) is 0 Å². The molecule has 0 aliphatic heterocycles. The molecule has 0 saturated heterocycles. The van der Waals surface area contributed by atoms with Gasteiger partial charge < -0.3 is 18.9 Å². The van der Waals surface area contributed by atoms with Crippen molar-refractivity contribution in [3.8, 4) is 44.8 Å². The van der Waals surface area contributed by atoms with E-state index in [1.807, 2.05) is 24.3 Å². The average Bonchev–Trinajstić information content (AvgIpc) is 4.23. The second-order valence-electron chi connectivity index (χ2n) is 21.6. The third kappa shape index (κ3) is 8.01. The third-order valence-corrected chi connectivity index (χ3v) is 16.6. The molecule has 2 aromatic heterocycles. The maximum absolute atomic E-state index is 14.3. The van der Waals surface area contributed by atoms with E-state index >= 15 is 0 Å². The summed E-state index contributed by atoms with van der Waals surface area (Å²) in [6.07, 6.45) is 0. The normalized spacial score (nSPS) is 12.5. The SMILES string of the molecule is CC1(C)c2cc(N(c3ccc(-c4ccccc4)cc3)c3ccc4c(c3)c3ccccc3n4-c3ccc(F)cc3)ccc2-c2ccc(N(c3ccc(-c4ccccc4)cc3)c3ccc4c(c3)c3ccccc3n4-c3ccc(F)cc3)cc21. The van der Waals surface area contributed by atoms with Crippen molar-refractivity contribution in [2.45, 2.75) is 19.3 Å². The number of hydrogen-bond donors (Lipinski definition) is 0. The predicted octanol–water partition coefficient (Wildman–Crippen LogP) is 20.7. The number of rotatable bonds is 10. The molecule has 0 N–H and O–H groups in total. The smallest absolute Gasteiger partial charge is 0.123 e. The van der Waals surface area contributed by atoms with Crippen molar-refractivity contribution in [1.29, 1.82) is 0 Å². The standard InChI is InChI=1S/C75H52F2N4/c1-75(2)69-47-61(78(55-29-21-51(22-30-55)49-13-5-3-6-14-49)59-39-43-73-67(45-59)65-17-9-11-19-71(65)80(73)57-33-25-53(76)26-34-57)37-41-63(69)64-42-38-62(48-70(64)75)79(56-31-23-52(24-32-56)50-15-7-4-8-16-50)60-40-44-74-68(46-60)66-18-10-12-20-72(66)81(74)58-35-27-54(77)28-36-58/h3-48H,1-2H3. The van der Waals surface area contributed by atoms with Crippen molar-refractivity contribution >= 4 is 77.7 Å². The Balaban J connectivity index is 0.860. The largest absolute Gasteiger partial charge is 0.310 e. The van der Waals surface area contributed by atoms with Crippen LogP contribution < -0.4 is 9.80 Å². The van der Waals surface area contributed by atoms with Crippen molar-refractivity contribution < 1.29 is 8.78 Å². The van der Waals surface area contributed by atoms with Gasteiger partial charge in [-0.25, -0.2) is 8.78 Å². The van der Waals surface area contributed by atoms with E-state index in [1.54, 1.807) is 0 Å². The topological polar surface area (TPSA) is 16.3 Å². The minimum absolute atomic E-state index is 0.261. The van der Waals surface area contributed by atoms with Gasteiger partial charge in [0.05, 0.1) is 22.1 Å². The zero-order chi connectivity index (χ0) is 54.3.